The number of hydrogen-bond donors (Lipinski definition) is 1. The van der Waals surface area contributed by atoms with Crippen molar-refractivity contribution < 1.29 is 9.18 Å². The van der Waals surface area contributed by atoms with Gasteiger partial charge in [0, 0.05) is 16.9 Å². The highest BCUT2D eigenvalue weighted by molar-refractivity contribution is 9.09. The molecule has 0 atom stereocenters. The molecule has 0 aliphatic rings. The molecule has 0 aromatic heterocycles. The van der Waals surface area contributed by atoms with Gasteiger partial charge in [0.1, 0.15) is 5.82 Å². The van der Waals surface area contributed by atoms with E-state index in [1.54, 1.807) is 0 Å². The first-order chi connectivity index (χ1) is 8.85. The normalized spacial score (nSPS) is 11.4. The lowest BCUT2D eigenvalue weighted by Gasteiger charge is -2.24. The summed E-state index contributed by atoms with van der Waals surface area (Å²) in [5, 5.41) is 4.00. The maximum absolute atomic E-state index is 13.6. The van der Waals surface area contributed by atoms with Gasteiger partial charge in [0.15, 0.2) is 0 Å². The fraction of sp³-hybridized carbons (Fsp3) is 0.500. The number of benzene rings is 1. The van der Waals surface area contributed by atoms with Gasteiger partial charge in [0.2, 0.25) is 0 Å². The summed E-state index contributed by atoms with van der Waals surface area (Å²) in [5.41, 5.74) is 0.0208. The third-order valence-electron chi connectivity index (χ3n) is 2.89. The van der Waals surface area contributed by atoms with Gasteiger partial charge in [-0.2, -0.15) is 0 Å². The Bertz CT molecular complexity index is 451. The zero-order chi connectivity index (χ0) is 14.5. The van der Waals surface area contributed by atoms with Gasteiger partial charge in [-0.05, 0) is 36.5 Å². The number of alkyl halides is 1. The molecule has 0 aliphatic carbocycles. The number of hydrogen-bond acceptors (Lipinski definition) is 1. The largest absolute Gasteiger partial charge is 0.351 e. The Kier molecular flexibility index (Phi) is 6.27. The van der Waals surface area contributed by atoms with E-state index in [9.17, 15) is 9.18 Å². The van der Waals surface area contributed by atoms with E-state index in [0.717, 1.165) is 24.2 Å². The molecule has 0 unspecified atom stereocenters. The number of carbonyl (C=O) groups excluding carboxylic acids is 1. The first-order valence-corrected chi connectivity index (χ1v) is 7.65. The lowest BCUT2D eigenvalue weighted by molar-refractivity contribution is 0.0930. The predicted octanol–water partition coefficient (Wildman–Crippen LogP) is 4.41. The van der Waals surface area contributed by atoms with Gasteiger partial charge in [0.25, 0.3) is 5.91 Å². The van der Waals surface area contributed by atoms with Crippen molar-refractivity contribution in [3.63, 3.8) is 0 Å². The van der Waals surface area contributed by atoms with Crippen molar-refractivity contribution in [1.29, 1.82) is 0 Å². The maximum Gasteiger partial charge on any atom is 0.254 e. The third kappa shape index (κ3) is 5.49. The molecule has 1 rings (SSSR count). The van der Waals surface area contributed by atoms with Gasteiger partial charge in [-0.3, -0.25) is 4.79 Å². The van der Waals surface area contributed by atoms with E-state index in [0.29, 0.717) is 6.54 Å². The Balaban J connectivity index is 2.60. The maximum atomic E-state index is 13.6. The third-order valence-corrected chi connectivity index (χ3v) is 3.69. The summed E-state index contributed by atoms with van der Waals surface area (Å²) >= 11 is 9.04. The molecule has 0 fully saturated rings. The second kappa shape index (κ2) is 7.25. The number of amides is 1. The summed E-state index contributed by atoms with van der Waals surface area (Å²) in [5.74, 6) is -0.996. The monoisotopic (exact) mass is 349 g/mol. The van der Waals surface area contributed by atoms with Crippen molar-refractivity contribution in [3.05, 3.63) is 34.6 Å². The number of halogens is 3. The van der Waals surface area contributed by atoms with E-state index in [2.05, 4.69) is 35.1 Å². The topological polar surface area (TPSA) is 29.1 Å². The zero-order valence-electron chi connectivity index (χ0n) is 11.1. The highest BCUT2D eigenvalue weighted by atomic mass is 79.9. The first-order valence-electron chi connectivity index (χ1n) is 6.15. The molecule has 0 spiro atoms. The molecule has 0 aliphatic heterocycles. The van der Waals surface area contributed by atoms with Crippen molar-refractivity contribution in [2.75, 3.05) is 11.9 Å². The summed E-state index contributed by atoms with van der Waals surface area (Å²) in [7, 11) is 0. The van der Waals surface area contributed by atoms with Crippen LogP contribution < -0.4 is 5.32 Å². The molecular weight excluding hydrogens is 333 g/mol. The van der Waals surface area contributed by atoms with Gasteiger partial charge in [-0.1, -0.05) is 41.4 Å². The van der Waals surface area contributed by atoms with Crippen molar-refractivity contribution in [2.45, 2.75) is 26.7 Å². The molecule has 19 heavy (non-hydrogen) atoms. The molecule has 0 radical (unpaired) electrons. The molecule has 0 saturated heterocycles. The predicted molar refractivity (Wildman–Crippen MR) is 80.6 cm³/mol. The van der Waals surface area contributed by atoms with Crippen LogP contribution in [0, 0.1) is 11.2 Å². The van der Waals surface area contributed by atoms with Crippen molar-refractivity contribution in [1.82, 2.24) is 5.32 Å². The van der Waals surface area contributed by atoms with E-state index in [1.807, 2.05) is 0 Å². The van der Waals surface area contributed by atoms with E-state index in [4.69, 9.17) is 11.6 Å². The average Bonchev–Trinajstić information content (AvgIpc) is 2.34. The molecule has 2 nitrogen and oxygen atoms in total. The van der Waals surface area contributed by atoms with Gasteiger partial charge in [-0.15, -0.1) is 0 Å². The zero-order valence-corrected chi connectivity index (χ0v) is 13.4. The molecular formula is C14H18BrClFNO. The first kappa shape index (κ1) is 16.4. The summed E-state index contributed by atoms with van der Waals surface area (Å²) in [6.45, 7) is 4.67. The Morgan fingerprint density at radius 3 is 2.74 bits per heavy atom. The minimum atomic E-state index is -0.594. The lowest BCUT2D eigenvalue weighted by Crippen LogP contribution is -2.34. The second-order valence-electron chi connectivity index (χ2n) is 5.26. The van der Waals surface area contributed by atoms with E-state index < -0.39 is 11.7 Å². The van der Waals surface area contributed by atoms with Crippen LogP contribution in [0.4, 0.5) is 4.39 Å². The van der Waals surface area contributed by atoms with Gasteiger partial charge in [0.05, 0.1) is 5.56 Å². The molecule has 5 heteroatoms. The Morgan fingerprint density at radius 2 is 2.16 bits per heavy atom. The van der Waals surface area contributed by atoms with Crippen LogP contribution >= 0.6 is 27.5 Å². The van der Waals surface area contributed by atoms with Crippen molar-refractivity contribution >= 4 is 33.4 Å². The number of carbonyl (C=O) groups is 1. The van der Waals surface area contributed by atoms with Crippen LogP contribution in [0.3, 0.4) is 0 Å². The highest BCUT2D eigenvalue weighted by Crippen LogP contribution is 2.22. The van der Waals surface area contributed by atoms with Crippen LogP contribution in [0.15, 0.2) is 18.2 Å². The summed E-state index contributed by atoms with van der Waals surface area (Å²) in [6.07, 6.45) is 2.03. The van der Waals surface area contributed by atoms with Crippen molar-refractivity contribution in [3.8, 4) is 0 Å². The minimum absolute atomic E-state index is 0.00761. The number of rotatable bonds is 6. The molecule has 0 bridgehead atoms. The molecule has 1 N–H and O–H groups in total. The molecule has 106 valence electrons. The smallest absolute Gasteiger partial charge is 0.254 e. The van der Waals surface area contributed by atoms with Crippen molar-refractivity contribution in [2.24, 2.45) is 5.41 Å². The molecule has 0 saturated carbocycles. The van der Waals surface area contributed by atoms with Crippen LogP contribution in [0.2, 0.25) is 5.02 Å². The summed E-state index contributed by atoms with van der Waals surface area (Å²) < 4.78 is 13.6. The second-order valence-corrected chi connectivity index (χ2v) is 6.49. The summed E-state index contributed by atoms with van der Waals surface area (Å²) in [4.78, 5) is 11.9. The van der Waals surface area contributed by atoms with Gasteiger partial charge < -0.3 is 5.32 Å². The van der Waals surface area contributed by atoms with E-state index in [1.165, 1.54) is 12.1 Å². The SMILES string of the molecule is CC(C)(CCCBr)CNC(=O)c1ccc(Cl)cc1F. The molecule has 1 aromatic rings. The van der Waals surface area contributed by atoms with Crippen LogP contribution in [-0.4, -0.2) is 17.8 Å². The lowest BCUT2D eigenvalue weighted by atomic mass is 9.88. The number of nitrogens with one attached hydrogen (secondary N) is 1. The van der Waals surface area contributed by atoms with Crippen LogP contribution in [0.25, 0.3) is 0 Å². The fourth-order valence-corrected chi connectivity index (χ4v) is 2.16. The van der Waals surface area contributed by atoms with Gasteiger partial charge in [-0.25, -0.2) is 4.39 Å². The molecule has 1 aromatic carbocycles. The standard InChI is InChI=1S/C14H18BrClFNO/c1-14(2,6-3-7-15)9-18-13(19)11-5-4-10(16)8-12(11)17/h4-5,8H,3,6-7,9H2,1-2H3,(H,18,19). The van der Waals surface area contributed by atoms with E-state index in [-0.39, 0.29) is 16.0 Å². The molecule has 0 heterocycles. The highest BCUT2D eigenvalue weighted by Gasteiger charge is 2.19. The Labute approximate surface area is 126 Å². The quantitative estimate of drug-likeness (QED) is 0.757. The van der Waals surface area contributed by atoms with Crippen LogP contribution in [0.5, 0.6) is 0 Å². The molecule has 1 amide bonds. The summed E-state index contributed by atoms with van der Waals surface area (Å²) in [6, 6.07) is 4.06. The average molecular weight is 351 g/mol. The van der Waals surface area contributed by atoms with Crippen LogP contribution in [0.1, 0.15) is 37.0 Å². The fourth-order valence-electron chi connectivity index (χ4n) is 1.72. The van der Waals surface area contributed by atoms with E-state index >= 15 is 0 Å². The van der Waals surface area contributed by atoms with Crippen LogP contribution in [-0.2, 0) is 0 Å². The Morgan fingerprint density at radius 1 is 1.47 bits per heavy atom. The van der Waals surface area contributed by atoms with Gasteiger partial charge >= 0.3 is 0 Å². The minimum Gasteiger partial charge on any atom is -0.351 e. The Hall–Kier alpha value is -0.610.